The number of nitrogens with one attached hydrogen (secondary N) is 1. The van der Waals surface area contributed by atoms with Crippen LogP contribution in [0.1, 0.15) is 29.3 Å². The summed E-state index contributed by atoms with van der Waals surface area (Å²) in [5.41, 5.74) is 2.89. The van der Waals surface area contributed by atoms with Gasteiger partial charge in [-0.25, -0.2) is 8.78 Å². The molecule has 0 aliphatic carbocycles. The first-order valence-electron chi connectivity index (χ1n) is 7.33. The molecule has 22 heavy (non-hydrogen) atoms. The lowest BCUT2D eigenvalue weighted by molar-refractivity contribution is 0.0981. The Bertz CT molecular complexity index is 671. The minimum atomic E-state index is -0.838. The summed E-state index contributed by atoms with van der Waals surface area (Å²) in [6.45, 7) is 3.29. The van der Waals surface area contributed by atoms with Gasteiger partial charge in [-0.15, -0.1) is 0 Å². The maximum absolute atomic E-state index is 13.4. The maximum Gasteiger partial charge on any atom is 0.159 e. The zero-order chi connectivity index (χ0) is 15.7. The fourth-order valence-corrected chi connectivity index (χ4v) is 2.78. The average molecular weight is 307 g/mol. The second-order valence-corrected chi connectivity index (χ2v) is 5.62. The Hall–Kier alpha value is -1.79. The van der Waals surface area contributed by atoms with E-state index in [1.165, 1.54) is 6.07 Å². The third kappa shape index (κ3) is 2.89. The van der Waals surface area contributed by atoms with Gasteiger partial charge in [-0.3, -0.25) is 4.68 Å². The molecule has 1 N–H and O–H groups in total. The highest BCUT2D eigenvalue weighted by atomic mass is 19.2. The molecule has 1 aliphatic rings. The molecule has 0 unspecified atom stereocenters. The number of benzene rings is 1. The molecule has 1 aromatic carbocycles. The predicted octanol–water partition coefficient (Wildman–Crippen LogP) is 2.63. The number of aryl methyl sites for hydroxylation is 1. The number of hydrogen-bond acceptors (Lipinski definition) is 3. The molecule has 3 rings (SSSR count). The highest BCUT2D eigenvalue weighted by molar-refractivity contribution is 5.23. The molecule has 1 fully saturated rings. The Morgan fingerprint density at radius 3 is 2.86 bits per heavy atom. The first-order chi connectivity index (χ1) is 10.6. The summed E-state index contributed by atoms with van der Waals surface area (Å²) in [5.74, 6) is -1.67. The van der Waals surface area contributed by atoms with Gasteiger partial charge in [-0.05, 0) is 31.0 Å². The van der Waals surface area contributed by atoms with E-state index in [2.05, 4.69) is 10.4 Å². The van der Waals surface area contributed by atoms with Crippen LogP contribution in [0.5, 0.6) is 0 Å². The molecule has 0 bridgehead atoms. The van der Waals surface area contributed by atoms with Crippen molar-refractivity contribution >= 4 is 0 Å². The zero-order valence-electron chi connectivity index (χ0n) is 12.6. The molecule has 2 atom stereocenters. The Morgan fingerprint density at radius 2 is 2.18 bits per heavy atom. The smallest absolute Gasteiger partial charge is 0.159 e. The first kappa shape index (κ1) is 15.1. The van der Waals surface area contributed by atoms with E-state index in [0.29, 0.717) is 18.7 Å². The lowest BCUT2D eigenvalue weighted by Gasteiger charge is -2.20. The summed E-state index contributed by atoms with van der Waals surface area (Å²) in [4.78, 5) is 0. The summed E-state index contributed by atoms with van der Waals surface area (Å²) in [7, 11) is 1.90. The standard InChI is InChI=1S/C16H19F2N3O/c1-10-12(9-20-21(10)2)8-19-15-5-6-22-16(15)11-3-4-13(17)14(18)7-11/h3-4,7,9,15-16,19H,5-6,8H2,1-2H3/t15-,16-/m0/s1. The molecule has 2 aromatic rings. The SMILES string of the molecule is Cc1c(CN[C@H]2CCO[C@H]2c2ccc(F)c(F)c2)cnn1C. The lowest BCUT2D eigenvalue weighted by atomic mass is 10.0. The highest BCUT2D eigenvalue weighted by Gasteiger charge is 2.30. The van der Waals surface area contributed by atoms with Gasteiger partial charge >= 0.3 is 0 Å². The van der Waals surface area contributed by atoms with E-state index >= 15 is 0 Å². The molecule has 1 aromatic heterocycles. The monoisotopic (exact) mass is 307 g/mol. The largest absolute Gasteiger partial charge is 0.372 e. The first-order valence-corrected chi connectivity index (χ1v) is 7.33. The number of halogens is 2. The minimum Gasteiger partial charge on any atom is -0.372 e. The van der Waals surface area contributed by atoms with Crippen LogP contribution in [0.25, 0.3) is 0 Å². The van der Waals surface area contributed by atoms with Crippen molar-refractivity contribution < 1.29 is 13.5 Å². The predicted molar refractivity (Wildman–Crippen MR) is 78.2 cm³/mol. The van der Waals surface area contributed by atoms with E-state index in [1.807, 2.05) is 24.9 Å². The van der Waals surface area contributed by atoms with Crippen LogP contribution in [0.15, 0.2) is 24.4 Å². The Morgan fingerprint density at radius 1 is 1.36 bits per heavy atom. The van der Waals surface area contributed by atoms with Crippen molar-refractivity contribution in [3.63, 3.8) is 0 Å². The van der Waals surface area contributed by atoms with Crippen LogP contribution < -0.4 is 5.32 Å². The third-order valence-electron chi connectivity index (χ3n) is 4.26. The van der Waals surface area contributed by atoms with Gasteiger partial charge in [-0.1, -0.05) is 6.07 Å². The van der Waals surface area contributed by atoms with Gasteiger partial charge in [0.25, 0.3) is 0 Å². The summed E-state index contributed by atoms with van der Waals surface area (Å²) in [6, 6.07) is 4.02. The summed E-state index contributed by atoms with van der Waals surface area (Å²) < 4.78 is 34.0. The van der Waals surface area contributed by atoms with Crippen molar-refractivity contribution in [2.45, 2.75) is 32.0 Å². The topological polar surface area (TPSA) is 39.1 Å². The van der Waals surface area contributed by atoms with E-state index in [4.69, 9.17) is 4.74 Å². The summed E-state index contributed by atoms with van der Waals surface area (Å²) >= 11 is 0. The maximum atomic E-state index is 13.4. The van der Waals surface area contributed by atoms with Gasteiger partial charge in [0.05, 0.1) is 12.3 Å². The zero-order valence-corrected chi connectivity index (χ0v) is 12.6. The molecule has 0 radical (unpaired) electrons. The van der Waals surface area contributed by atoms with Gasteiger partial charge < -0.3 is 10.1 Å². The van der Waals surface area contributed by atoms with Crippen molar-refractivity contribution in [3.05, 3.63) is 52.9 Å². The van der Waals surface area contributed by atoms with Crippen molar-refractivity contribution in [1.29, 1.82) is 0 Å². The van der Waals surface area contributed by atoms with Gasteiger partial charge in [0, 0.05) is 37.5 Å². The Kier molecular flexibility index (Phi) is 4.22. The number of hydrogen-bond donors (Lipinski definition) is 1. The molecule has 1 saturated heterocycles. The van der Waals surface area contributed by atoms with Crippen molar-refractivity contribution in [2.24, 2.45) is 7.05 Å². The van der Waals surface area contributed by atoms with E-state index in [9.17, 15) is 8.78 Å². The molecule has 2 heterocycles. The molecule has 0 amide bonds. The lowest BCUT2D eigenvalue weighted by Crippen LogP contribution is -2.31. The highest BCUT2D eigenvalue weighted by Crippen LogP contribution is 2.30. The van der Waals surface area contributed by atoms with Crippen LogP contribution in [0.2, 0.25) is 0 Å². The third-order valence-corrected chi connectivity index (χ3v) is 4.26. The molecule has 4 nitrogen and oxygen atoms in total. The van der Waals surface area contributed by atoms with Crippen molar-refractivity contribution in [1.82, 2.24) is 15.1 Å². The van der Waals surface area contributed by atoms with Crippen LogP contribution >= 0.6 is 0 Å². The fraction of sp³-hybridized carbons (Fsp3) is 0.438. The number of aromatic nitrogens is 2. The van der Waals surface area contributed by atoms with E-state index < -0.39 is 11.6 Å². The van der Waals surface area contributed by atoms with Gasteiger partial charge in [-0.2, -0.15) is 5.10 Å². The van der Waals surface area contributed by atoms with Crippen molar-refractivity contribution in [3.8, 4) is 0 Å². The number of nitrogens with zero attached hydrogens (tertiary/aromatic N) is 2. The molecular weight excluding hydrogens is 288 g/mol. The van der Waals surface area contributed by atoms with E-state index in [1.54, 1.807) is 6.07 Å². The molecule has 0 spiro atoms. The van der Waals surface area contributed by atoms with Crippen LogP contribution in [-0.4, -0.2) is 22.4 Å². The fourth-order valence-electron chi connectivity index (χ4n) is 2.78. The van der Waals surface area contributed by atoms with Crippen LogP contribution in [0.3, 0.4) is 0 Å². The van der Waals surface area contributed by atoms with E-state index in [0.717, 1.165) is 23.7 Å². The quantitative estimate of drug-likeness (QED) is 0.944. The summed E-state index contributed by atoms with van der Waals surface area (Å²) in [6.07, 6.45) is 2.42. The molecule has 1 aliphatic heterocycles. The number of rotatable bonds is 4. The van der Waals surface area contributed by atoms with Crippen molar-refractivity contribution in [2.75, 3.05) is 6.61 Å². The Labute approximate surface area is 128 Å². The molecular formula is C16H19F2N3O. The van der Waals surface area contributed by atoms with Gasteiger partial charge in [0.15, 0.2) is 11.6 Å². The van der Waals surface area contributed by atoms with Crippen LogP contribution in [0, 0.1) is 18.6 Å². The normalized spacial score (nSPS) is 21.5. The van der Waals surface area contributed by atoms with Gasteiger partial charge in [0.1, 0.15) is 0 Å². The second-order valence-electron chi connectivity index (χ2n) is 5.62. The average Bonchev–Trinajstić information content (AvgIpc) is 3.09. The van der Waals surface area contributed by atoms with Gasteiger partial charge in [0.2, 0.25) is 0 Å². The van der Waals surface area contributed by atoms with Crippen LogP contribution in [-0.2, 0) is 18.3 Å². The minimum absolute atomic E-state index is 0.0736. The molecule has 6 heteroatoms. The van der Waals surface area contributed by atoms with Crippen LogP contribution in [0.4, 0.5) is 8.78 Å². The number of ether oxygens (including phenoxy) is 1. The summed E-state index contributed by atoms with van der Waals surface area (Å²) in [5, 5.41) is 7.65. The molecule has 118 valence electrons. The second kappa shape index (κ2) is 6.14. The van der Waals surface area contributed by atoms with E-state index in [-0.39, 0.29) is 12.1 Å². The Balaban J connectivity index is 1.70. The molecule has 0 saturated carbocycles.